The van der Waals surface area contributed by atoms with E-state index in [9.17, 15) is 4.89 Å². The molecular weight excluding hydrogens is 246 g/mol. The summed E-state index contributed by atoms with van der Waals surface area (Å²) in [7, 11) is -2.59. The highest BCUT2D eigenvalue weighted by Gasteiger charge is 2.35. The van der Waals surface area contributed by atoms with Gasteiger partial charge in [0.05, 0.1) is 6.61 Å². The molecule has 14 heavy (non-hydrogen) atoms. The van der Waals surface area contributed by atoms with E-state index >= 15 is 0 Å². The van der Waals surface area contributed by atoms with Crippen molar-refractivity contribution in [2.45, 2.75) is 6.42 Å². The summed E-state index contributed by atoms with van der Waals surface area (Å²) in [6.45, 7) is 2.56. The van der Waals surface area contributed by atoms with Crippen molar-refractivity contribution in [2.75, 3.05) is 38.0 Å². The van der Waals surface area contributed by atoms with E-state index in [0.717, 1.165) is 13.0 Å². The minimum Gasteiger partial charge on any atom is -0.333 e. The van der Waals surface area contributed by atoms with E-state index in [0.29, 0.717) is 31.5 Å². The van der Waals surface area contributed by atoms with Crippen LogP contribution in [0.5, 0.6) is 0 Å². The lowest BCUT2D eigenvalue weighted by molar-refractivity contribution is 0.204. The standard InChI is InChI=1S/C7H16Cl2N2O2P/c8-2-5-11(6-3-9)14(12)10-4-1-7-13-14/h10,12H,1-7H2. The van der Waals surface area contributed by atoms with Crippen LogP contribution in [0.3, 0.4) is 0 Å². The summed E-state index contributed by atoms with van der Waals surface area (Å²) < 4.78 is 7.21. The van der Waals surface area contributed by atoms with Crippen LogP contribution in [0.15, 0.2) is 0 Å². The highest BCUT2D eigenvalue weighted by Crippen LogP contribution is 2.56. The van der Waals surface area contributed by atoms with E-state index in [2.05, 4.69) is 5.09 Å². The van der Waals surface area contributed by atoms with Gasteiger partial charge < -0.3 is 9.42 Å². The third-order valence-electron chi connectivity index (χ3n) is 1.98. The lowest BCUT2D eigenvalue weighted by Crippen LogP contribution is -2.39. The maximum Gasteiger partial charge on any atom is 0.243 e. The summed E-state index contributed by atoms with van der Waals surface area (Å²) in [6, 6.07) is 0. The van der Waals surface area contributed by atoms with E-state index in [1.807, 2.05) is 4.67 Å². The monoisotopic (exact) mass is 261 g/mol. The Morgan fingerprint density at radius 2 is 2.00 bits per heavy atom. The molecule has 1 fully saturated rings. The molecule has 0 aromatic rings. The molecule has 7 heteroatoms. The second-order valence-corrected chi connectivity index (χ2v) is 5.95. The lowest BCUT2D eigenvalue weighted by atomic mass is 10.5. The van der Waals surface area contributed by atoms with Gasteiger partial charge in [0.15, 0.2) is 0 Å². The zero-order valence-corrected chi connectivity index (χ0v) is 10.4. The van der Waals surface area contributed by atoms with E-state index in [1.165, 1.54) is 0 Å². The van der Waals surface area contributed by atoms with E-state index in [1.54, 1.807) is 0 Å². The summed E-state index contributed by atoms with van der Waals surface area (Å²) in [6.07, 6.45) is 0.928. The Kier molecular flexibility index (Phi) is 5.94. The molecule has 1 unspecified atom stereocenters. The van der Waals surface area contributed by atoms with Crippen molar-refractivity contribution in [1.29, 1.82) is 0 Å². The molecule has 0 amide bonds. The molecule has 1 atom stereocenters. The molecule has 1 aliphatic rings. The summed E-state index contributed by atoms with van der Waals surface area (Å²) >= 11 is 11.3. The number of nitrogens with one attached hydrogen (secondary N) is 1. The van der Waals surface area contributed by atoms with Gasteiger partial charge in [0.1, 0.15) is 0 Å². The van der Waals surface area contributed by atoms with Crippen molar-refractivity contribution in [3.63, 3.8) is 0 Å². The molecule has 85 valence electrons. The first-order valence-electron chi connectivity index (χ1n) is 4.62. The Labute approximate surface area is 95.1 Å². The lowest BCUT2D eigenvalue weighted by Gasteiger charge is -2.42. The van der Waals surface area contributed by atoms with Crippen molar-refractivity contribution >= 4 is 31.2 Å². The molecule has 0 aliphatic carbocycles. The van der Waals surface area contributed by atoms with Gasteiger partial charge in [0.2, 0.25) is 8.02 Å². The number of alkyl halides is 2. The molecule has 0 spiro atoms. The predicted octanol–water partition coefficient (Wildman–Crippen LogP) is 1.45. The zero-order chi connectivity index (χ0) is 10.4. The number of hydrogen-bond acceptors (Lipinski definition) is 4. The Balaban J connectivity index is 2.53. The summed E-state index contributed by atoms with van der Waals surface area (Å²) in [5, 5.41) is 3.02. The van der Waals surface area contributed by atoms with Crippen LogP contribution in [-0.2, 0) is 4.52 Å². The Bertz CT molecular complexity index is 164. The van der Waals surface area contributed by atoms with Crippen molar-refractivity contribution in [2.24, 2.45) is 0 Å². The fraction of sp³-hybridized carbons (Fsp3) is 1.00. The Hall–Kier alpha value is 0.850. The van der Waals surface area contributed by atoms with Crippen LogP contribution in [0, 0.1) is 0 Å². The third-order valence-corrected chi connectivity index (χ3v) is 4.66. The SMILES string of the molecule is O[P]1(N(CCCl)CCCl)NCCCO1. The highest BCUT2D eigenvalue weighted by atomic mass is 35.5. The first-order valence-corrected chi connectivity index (χ1v) is 7.30. The molecule has 1 rings (SSSR count). The number of hydrogen-bond donors (Lipinski definition) is 2. The van der Waals surface area contributed by atoms with Gasteiger partial charge in [0, 0.05) is 31.4 Å². The van der Waals surface area contributed by atoms with Gasteiger partial charge in [-0.25, -0.2) is 9.76 Å². The van der Waals surface area contributed by atoms with Crippen molar-refractivity contribution in [1.82, 2.24) is 9.76 Å². The van der Waals surface area contributed by atoms with Gasteiger partial charge in [-0.1, -0.05) is 0 Å². The van der Waals surface area contributed by atoms with Gasteiger partial charge in [-0.2, -0.15) is 0 Å². The van der Waals surface area contributed by atoms with Crippen LogP contribution >= 0.6 is 31.2 Å². The second-order valence-electron chi connectivity index (χ2n) is 2.97. The second kappa shape index (κ2) is 6.44. The van der Waals surface area contributed by atoms with Crippen LogP contribution in [-0.4, -0.2) is 47.6 Å². The number of rotatable bonds is 5. The van der Waals surface area contributed by atoms with Crippen LogP contribution in [0.4, 0.5) is 0 Å². The maximum absolute atomic E-state index is 10.2. The molecule has 1 aliphatic heterocycles. The molecule has 1 saturated heterocycles. The first kappa shape index (κ1) is 12.9. The molecule has 4 nitrogen and oxygen atoms in total. The summed E-state index contributed by atoms with van der Waals surface area (Å²) in [4.78, 5) is 10.2. The molecule has 2 N–H and O–H groups in total. The smallest absolute Gasteiger partial charge is 0.243 e. The molecule has 0 aromatic heterocycles. The normalized spacial score (nSPS) is 28.3. The molecule has 0 bridgehead atoms. The molecular formula is C7H16Cl2N2O2P. The van der Waals surface area contributed by atoms with Crippen LogP contribution < -0.4 is 5.09 Å². The molecule has 0 saturated carbocycles. The minimum atomic E-state index is -2.59. The highest BCUT2D eigenvalue weighted by molar-refractivity contribution is 7.61. The Morgan fingerprint density at radius 3 is 2.43 bits per heavy atom. The van der Waals surface area contributed by atoms with Crippen molar-refractivity contribution in [3.8, 4) is 0 Å². The van der Waals surface area contributed by atoms with Gasteiger partial charge in [-0.15, -0.1) is 23.2 Å². The van der Waals surface area contributed by atoms with Crippen LogP contribution in [0.2, 0.25) is 0 Å². The number of nitrogens with zero attached hydrogens (tertiary/aromatic N) is 1. The van der Waals surface area contributed by atoms with Crippen molar-refractivity contribution < 1.29 is 9.42 Å². The quantitative estimate of drug-likeness (QED) is 0.581. The van der Waals surface area contributed by atoms with E-state index in [-0.39, 0.29) is 0 Å². The molecule has 0 aromatic carbocycles. The predicted molar refractivity (Wildman–Crippen MR) is 60.7 cm³/mol. The molecule has 1 radical (unpaired) electrons. The largest absolute Gasteiger partial charge is 0.333 e. The van der Waals surface area contributed by atoms with E-state index in [4.69, 9.17) is 27.7 Å². The van der Waals surface area contributed by atoms with Gasteiger partial charge in [-0.05, 0) is 6.42 Å². The third kappa shape index (κ3) is 3.46. The summed E-state index contributed by atoms with van der Waals surface area (Å²) in [5.74, 6) is 0.925. The van der Waals surface area contributed by atoms with Gasteiger partial charge >= 0.3 is 0 Å². The van der Waals surface area contributed by atoms with Gasteiger partial charge in [-0.3, -0.25) is 0 Å². The van der Waals surface area contributed by atoms with E-state index < -0.39 is 8.02 Å². The maximum atomic E-state index is 10.2. The number of halogens is 2. The molecule has 1 heterocycles. The van der Waals surface area contributed by atoms with Crippen LogP contribution in [0.25, 0.3) is 0 Å². The van der Waals surface area contributed by atoms with Crippen molar-refractivity contribution in [3.05, 3.63) is 0 Å². The average Bonchev–Trinajstić information content (AvgIpc) is 2.19. The minimum absolute atomic E-state index is 0.463. The zero-order valence-electron chi connectivity index (χ0n) is 7.96. The summed E-state index contributed by atoms with van der Waals surface area (Å²) in [5.41, 5.74) is 0. The van der Waals surface area contributed by atoms with Gasteiger partial charge in [0.25, 0.3) is 0 Å². The van der Waals surface area contributed by atoms with Crippen LogP contribution in [0.1, 0.15) is 6.42 Å². The first-order chi connectivity index (χ1) is 6.73. The fourth-order valence-electron chi connectivity index (χ4n) is 1.29. The Morgan fingerprint density at radius 1 is 1.36 bits per heavy atom. The topological polar surface area (TPSA) is 44.7 Å². The fourth-order valence-corrected chi connectivity index (χ4v) is 3.97. The average molecular weight is 262 g/mol.